The van der Waals surface area contributed by atoms with Gasteiger partial charge in [0.1, 0.15) is 6.54 Å². The molecule has 7 heteroatoms. The molecule has 0 aliphatic carbocycles. The number of ether oxygens (including phenoxy) is 2. The van der Waals surface area contributed by atoms with Gasteiger partial charge in [0.15, 0.2) is 0 Å². The molecule has 0 saturated carbocycles. The van der Waals surface area contributed by atoms with Gasteiger partial charge in [-0.3, -0.25) is 9.59 Å². The predicted octanol–water partition coefficient (Wildman–Crippen LogP) is -0.924. The Morgan fingerprint density at radius 1 is 1.44 bits per heavy atom. The van der Waals surface area contributed by atoms with Crippen LogP contribution in [-0.2, 0) is 19.1 Å². The molecule has 1 rings (SSSR count). The second-order valence-electron chi connectivity index (χ2n) is 3.25. The molecule has 94 valence electrons. The molecule has 0 aromatic carbocycles. The molecule has 0 radical (unpaired) electrons. The molecule has 1 aliphatic heterocycles. The molecule has 0 bridgehead atoms. The van der Waals surface area contributed by atoms with E-state index in [1.807, 2.05) is 0 Å². The third kappa shape index (κ3) is 5.89. The highest BCUT2D eigenvalue weighted by atomic mass is 35.5. The molecule has 6 nitrogen and oxygen atoms in total. The normalized spacial score (nSPS) is 14.6. The summed E-state index contributed by atoms with van der Waals surface area (Å²) in [6.07, 6.45) is 0.506. The Kier molecular flexibility index (Phi) is 7.88. The maximum absolute atomic E-state index is 11.1. The largest absolute Gasteiger partial charge is 0.468 e. The van der Waals surface area contributed by atoms with E-state index in [2.05, 4.69) is 15.4 Å². The minimum atomic E-state index is -0.451. The molecule has 1 heterocycles. The maximum atomic E-state index is 11.1. The van der Waals surface area contributed by atoms with E-state index in [1.165, 1.54) is 7.11 Å². The summed E-state index contributed by atoms with van der Waals surface area (Å²) in [5, 5.41) is 5.49. The minimum Gasteiger partial charge on any atom is -0.468 e. The van der Waals surface area contributed by atoms with Crippen molar-refractivity contribution in [2.45, 2.75) is 12.5 Å². The van der Waals surface area contributed by atoms with Crippen molar-refractivity contribution in [3.63, 3.8) is 0 Å². The van der Waals surface area contributed by atoms with Crippen LogP contribution in [0.25, 0.3) is 0 Å². The van der Waals surface area contributed by atoms with Crippen LogP contribution in [0.1, 0.15) is 6.42 Å². The van der Waals surface area contributed by atoms with Gasteiger partial charge in [-0.25, -0.2) is 0 Å². The fourth-order valence-corrected chi connectivity index (χ4v) is 1.03. The fourth-order valence-electron chi connectivity index (χ4n) is 1.03. The zero-order chi connectivity index (χ0) is 11.1. The summed E-state index contributed by atoms with van der Waals surface area (Å²) < 4.78 is 9.72. The number of esters is 1. The van der Waals surface area contributed by atoms with E-state index in [0.717, 1.165) is 13.1 Å². The van der Waals surface area contributed by atoms with Gasteiger partial charge in [-0.2, -0.15) is 0 Å². The van der Waals surface area contributed by atoms with E-state index in [0.29, 0.717) is 6.61 Å². The minimum absolute atomic E-state index is 0. The molecule has 1 saturated heterocycles. The first-order valence-electron chi connectivity index (χ1n) is 4.88. The molecule has 1 fully saturated rings. The van der Waals surface area contributed by atoms with Gasteiger partial charge in [-0.15, -0.1) is 12.4 Å². The van der Waals surface area contributed by atoms with Gasteiger partial charge in [-0.05, 0) is 0 Å². The lowest BCUT2D eigenvalue weighted by atomic mass is 10.2. The standard InChI is InChI=1S/C9H16N2O4.ClH/c1-14-9(13)6-11-8(12)2-3-15-7-4-10-5-7;/h7,10H,2-6H2,1H3,(H,11,12);1H. The lowest BCUT2D eigenvalue weighted by Gasteiger charge is -2.26. The van der Waals surface area contributed by atoms with E-state index < -0.39 is 5.97 Å². The van der Waals surface area contributed by atoms with Gasteiger partial charge in [0.25, 0.3) is 0 Å². The number of hydrogen-bond acceptors (Lipinski definition) is 5. The van der Waals surface area contributed by atoms with Crippen LogP contribution < -0.4 is 10.6 Å². The lowest BCUT2D eigenvalue weighted by Crippen LogP contribution is -2.48. The number of hydrogen-bond donors (Lipinski definition) is 2. The number of rotatable bonds is 6. The fraction of sp³-hybridized carbons (Fsp3) is 0.778. The second-order valence-corrected chi connectivity index (χ2v) is 3.25. The lowest BCUT2D eigenvalue weighted by molar-refractivity contribution is -0.141. The Labute approximate surface area is 100 Å². The van der Waals surface area contributed by atoms with Crippen LogP contribution in [0, 0.1) is 0 Å². The molecular weight excluding hydrogens is 236 g/mol. The van der Waals surface area contributed by atoms with Crippen molar-refractivity contribution < 1.29 is 19.1 Å². The summed E-state index contributed by atoms with van der Waals surface area (Å²) >= 11 is 0. The average molecular weight is 253 g/mol. The van der Waals surface area contributed by atoms with Crippen molar-refractivity contribution >= 4 is 24.3 Å². The van der Waals surface area contributed by atoms with Crippen LogP contribution in [0.15, 0.2) is 0 Å². The van der Waals surface area contributed by atoms with Crippen LogP contribution in [0.3, 0.4) is 0 Å². The zero-order valence-electron chi connectivity index (χ0n) is 9.15. The summed E-state index contributed by atoms with van der Waals surface area (Å²) in [5.74, 6) is -0.653. The Bertz CT molecular complexity index is 234. The number of nitrogens with one attached hydrogen (secondary N) is 2. The summed E-state index contributed by atoms with van der Waals surface area (Å²) in [6, 6.07) is 0. The van der Waals surface area contributed by atoms with Gasteiger partial charge in [0.05, 0.1) is 19.8 Å². The zero-order valence-corrected chi connectivity index (χ0v) is 9.97. The van der Waals surface area contributed by atoms with E-state index in [9.17, 15) is 9.59 Å². The molecule has 0 unspecified atom stereocenters. The number of carbonyl (C=O) groups is 2. The van der Waals surface area contributed by atoms with Crippen LogP contribution in [0.5, 0.6) is 0 Å². The van der Waals surface area contributed by atoms with Gasteiger partial charge < -0.3 is 20.1 Å². The van der Waals surface area contributed by atoms with Crippen LogP contribution in [0.4, 0.5) is 0 Å². The first-order chi connectivity index (χ1) is 7.22. The molecule has 0 spiro atoms. The van der Waals surface area contributed by atoms with Gasteiger partial charge in [0, 0.05) is 19.5 Å². The van der Waals surface area contributed by atoms with Crippen molar-refractivity contribution in [1.82, 2.24) is 10.6 Å². The molecule has 1 aliphatic rings. The Hall–Kier alpha value is -0.850. The van der Waals surface area contributed by atoms with Crippen molar-refractivity contribution in [3.8, 4) is 0 Å². The first-order valence-corrected chi connectivity index (χ1v) is 4.88. The molecule has 16 heavy (non-hydrogen) atoms. The second kappa shape index (κ2) is 8.32. The third-order valence-corrected chi connectivity index (χ3v) is 2.08. The van der Waals surface area contributed by atoms with Crippen LogP contribution in [-0.4, -0.2) is 51.3 Å². The Balaban J connectivity index is 0.00000225. The quantitative estimate of drug-likeness (QED) is 0.598. The Morgan fingerprint density at radius 3 is 2.62 bits per heavy atom. The highest BCUT2D eigenvalue weighted by Gasteiger charge is 2.17. The highest BCUT2D eigenvalue weighted by Crippen LogP contribution is 1.98. The van der Waals surface area contributed by atoms with Gasteiger partial charge >= 0.3 is 5.97 Å². The molecule has 1 amide bonds. The third-order valence-electron chi connectivity index (χ3n) is 2.08. The number of carbonyl (C=O) groups excluding carboxylic acids is 2. The highest BCUT2D eigenvalue weighted by molar-refractivity contribution is 5.85. The average Bonchev–Trinajstić information content (AvgIpc) is 2.18. The number of amides is 1. The first kappa shape index (κ1) is 15.2. The summed E-state index contributed by atoms with van der Waals surface area (Å²) in [4.78, 5) is 21.8. The van der Waals surface area contributed by atoms with Crippen molar-refractivity contribution in [3.05, 3.63) is 0 Å². The predicted molar refractivity (Wildman–Crippen MR) is 59.5 cm³/mol. The number of methoxy groups -OCH3 is 1. The monoisotopic (exact) mass is 252 g/mol. The SMILES string of the molecule is COC(=O)CNC(=O)CCOC1CNC1.Cl. The van der Waals surface area contributed by atoms with Crippen LogP contribution in [0.2, 0.25) is 0 Å². The molecular formula is C9H17ClN2O4. The van der Waals surface area contributed by atoms with Crippen LogP contribution >= 0.6 is 12.4 Å². The van der Waals surface area contributed by atoms with Crippen molar-refractivity contribution in [2.24, 2.45) is 0 Å². The molecule has 0 atom stereocenters. The van der Waals surface area contributed by atoms with E-state index >= 15 is 0 Å². The maximum Gasteiger partial charge on any atom is 0.325 e. The molecule has 0 aromatic rings. The van der Waals surface area contributed by atoms with E-state index in [1.54, 1.807) is 0 Å². The molecule has 0 aromatic heterocycles. The van der Waals surface area contributed by atoms with Crippen molar-refractivity contribution in [1.29, 1.82) is 0 Å². The Morgan fingerprint density at radius 2 is 2.12 bits per heavy atom. The van der Waals surface area contributed by atoms with Gasteiger partial charge in [0.2, 0.25) is 5.91 Å². The number of halogens is 1. The summed E-state index contributed by atoms with van der Waals surface area (Å²) in [6.45, 7) is 2.01. The van der Waals surface area contributed by atoms with Gasteiger partial charge in [-0.1, -0.05) is 0 Å². The van der Waals surface area contributed by atoms with Crippen molar-refractivity contribution in [2.75, 3.05) is 33.4 Å². The summed E-state index contributed by atoms with van der Waals surface area (Å²) in [5.41, 5.74) is 0. The van der Waals surface area contributed by atoms with E-state index in [4.69, 9.17) is 4.74 Å². The smallest absolute Gasteiger partial charge is 0.325 e. The summed E-state index contributed by atoms with van der Waals surface area (Å²) in [7, 11) is 1.28. The molecule has 2 N–H and O–H groups in total. The topological polar surface area (TPSA) is 76.7 Å². The van der Waals surface area contributed by atoms with E-state index in [-0.39, 0.29) is 37.4 Å².